The zero-order valence-electron chi connectivity index (χ0n) is 38.7. The van der Waals surface area contributed by atoms with E-state index in [9.17, 15) is 49.7 Å². The van der Waals surface area contributed by atoms with Crippen molar-refractivity contribution >= 4 is 19.8 Å². The van der Waals surface area contributed by atoms with Gasteiger partial charge < -0.3 is 45.0 Å². The molecule has 0 aromatic carbocycles. The molecule has 7 N–H and O–H groups in total. The topological polar surface area (TPSA) is 230 Å². The summed E-state index contributed by atoms with van der Waals surface area (Å²) >= 11 is 0. The maximum Gasteiger partial charge on any atom is 0.472 e. The molecule has 0 bridgehead atoms. The Kier molecular flexibility index (Phi) is 35.5. The summed E-state index contributed by atoms with van der Waals surface area (Å²) in [5, 5.41) is 60.2. The molecule has 0 amide bonds. The molecule has 14 nitrogen and oxygen atoms in total. The standard InChI is InChI=1S/C49H83O14P/c1-3-5-7-9-11-12-13-14-15-16-17-22-25-29-33-37-43(52)62-41(39-61-64(58,59)63-49-47(56)45(54)44(53)46(55)48(49)57)38-60-42(51)36-32-28-24-21-19-18-20-23-27-31-35-40(50)34-30-26-10-8-6-4-2/h6,8,18-19,23-24,26-28,30-31,35,40-41,44-50,53-57H,3-5,7,9-17,20-22,25,29,32-34,36-39H2,1-2H3,(H,58,59)/b8-6-,19-18-,27-23-,28-24-,30-26-,35-31+/t40?,41-,44?,45-,46+,47-,48-,49?/m1/s1. The van der Waals surface area contributed by atoms with Crippen LogP contribution in [0.15, 0.2) is 72.9 Å². The van der Waals surface area contributed by atoms with E-state index < -0.39 is 81.8 Å². The molecule has 368 valence electrons. The molecule has 0 aliphatic heterocycles. The minimum atomic E-state index is -5.15. The van der Waals surface area contributed by atoms with E-state index in [2.05, 4.69) is 26.0 Å². The summed E-state index contributed by atoms with van der Waals surface area (Å²) in [5.74, 6) is -1.23. The largest absolute Gasteiger partial charge is 0.472 e. The lowest BCUT2D eigenvalue weighted by molar-refractivity contribution is -0.220. The number of aliphatic hydroxyl groups is 6. The van der Waals surface area contributed by atoms with E-state index in [1.807, 2.05) is 54.7 Å². The highest BCUT2D eigenvalue weighted by Gasteiger charge is 2.51. The molecule has 9 atom stereocenters. The number of rotatable bonds is 38. The van der Waals surface area contributed by atoms with Crippen molar-refractivity contribution in [3.05, 3.63) is 72.9 Å². The van der Waals surface area contributed by atoms with Crippen LogP contribution in [0.4, 0.5) is 0 Å². The van der Waals surface area contributed by atoms with Gasteiger partial charge in [0.25, 0.3) is 0 Å². The predicted octanol–water partition coefficient (Wildman–Crippen LogP) is 8.47. The van der Waals surface area contributed by atoms with Gasteiger partial charge >= 0.3 is 19.8 Å². The summed E-state index contributed by atoms with van der Waals surface area (Å²) in [7, 11) is -5.15. The Bertz CT molecular complexity index is 1410. The lowest BCUT2D eigenvalue weighted by atomic mass is 9.85. The van der Waals surface area contributed by atoms with Gasteiger partial charge in [-0.2, -0.15) is 0 Å². The van der Waals surface area contributed by atoms with Gasteiger partial charge in [0.2, 0.25) is 0 Å². The molecule has 4 unspecified atom stereocenters. The van der Waals surface area contributed by atoms with E-state index >= 15 is 0 Å². The molecule has 1 aliphatic rings. The van der Waals surface area contributed by atoms with Crippen LogP contribution >= 0.6 is 7.82 Å². The first-order chi connectivity index (χ1) is 30.8. The number of ether oxygens (including phenoxy) is 2. The van der Waals surface area contributed by atoms with Crippen molar-refractivity contribution in [1.82, 2.24) is 0 Å². The van der Waals surface area contributed by atoms with Crippen LogP contribution in [0.1, 0.15) is 162 Å². The van der Waals surface area contributed by atoms with Crippen LogP contribution in [-0.4, -0.2) is 110 Å². The average Bonchev–Trinajstić information content (AvgIpc) is 3.27. The molecule has 0 aromatic rings. The van der Waals surface area contributed by atoms with E-state index in [0.717, 1.165) is 44.9 Å². The first-order valence-electron chi connectivity index (χ1n) is 23.8. The molecule has 1 rings (SSSR count). The summed E-state index contributed by atoms with van der Waals surface area (Å²) in [6, 6.07) is 0. The fourth-order valence-electron chi connectivity index (χ4n) is 6.81. The van der Waals surface area contributed by atoms with Crippen molar-refractivity contribution in [3.8, 4) is 0 Å². The van der Waals surface area contributed by atoms with E-state index in [4.69, 9.17) is 18.5 Å². The van der Waals surface area contributed by atoms with Gasteiger partial charge in [-0.1, -0.05) is 177 Å². The Labute approximate surface area is 383 Å². The summed E-state index contributed by atoms with van der Waals surface area (Å²) in [4.78, 5) is 35.7. The van der Waals surface area contributed by atoms with Crippen molar-refractivity contribution < 1.29 is 68.2 Å². The Balaban J connectivity index is 2.52. The second-order valence-electron chi connectivity index (χ2n) is 16.4. The number of allylic oxidation sites excluding steroid dienone is 10. The third kappa shape index (κ3) is 30.5. The van der Waals surface area contributed by atoms with Crippen LogP contribution in [0.25, 0.3) is 0 Å². The Morgan fingerprint density at radius 1 is 0.578 bits per heavy atom. The summed E-state index contributed by atoms with van der Waals surface area (Å²) in [6.45, 7) is 3.05. The highest BCUT2D eigenvalue weighted by Crippen LogP contribution is 2.47. The van der Waals surface area contributed by atoms with Crippen molar-refractivity contribution in [1.29, 1.82) is 0 Å². The fourth-order valence-corrected chi connectivity index (χ4v) is 7.78. The molecule has 64 heavy (non-hydrogen) atoms. The Morgan fingerprint density at radius 2 is 1.08 bits per heavy atom. The van der Waals surface area contributed by atoms with Gasteiger partial charge in [0.15, 0.2) is 6.10 Å². The molecule has 1 aliphatic carbocycles. The second kappa shape index (κ2) is 38.4. The van der Waals surface area contributed by atoms with Crippen molar-refractivity contribution in [2.24, 2.45) is 0 Å². The smallest absolute Gasteiger partial charge is 0.462 e. The number of aliphatic hydroxyl groups excluding tert-OH is 6. The quantitative estimate of drug-likeness (QED) is 0.0101. The normalized spacial score (nSPS) is 22.7. The third-order valence-corrected chi connectivity index (χ3v) is 11.6. The van der Waals surface area contributed by atoms with E-state index in [0.29, 0.717) is 25.7 Å². The van der Waals surface area contributed by atoms with Gasteiger partial charge in [-0.05, 0) is 44.9 Å². The summed E-state index contributed by atoms with van der Waals surface area (Å²) < 4.78 is 33.4. The summed E-state index contributed by atoms with van der Waals surface area (Å²) in [5.41, 5.74) is 0. The van der Waals surface area contributed by atoms with Gasteiger partial charge in [0.05, 0.1) is 12.7 Å². The van der Waals surface area contributed by atoms with Gasteiger partial charge in [0, 0.05) is 12.8 Å². The molecule has 0 aromatic heterocycles. The number of phosphoric acid groups is 1. The van der Waals surface area contributed by atoms with Gasteiger partial charge in [-0.3, -0.25) is 18.6 Å². The van der Waals surface area contributed by atoms with Crippen LogP contribution in [0.5, 0.6) is 0 Å². The SMILES string of the molecule is CC/C=C\C/C=C\CC(O)/C=C/C=C\C/C=C\C/C=C\CCC(=O)OC[C@H](COP(=O)(O)OC1[C@H](O)[C@H](O)C(O)[C@H](O)[C@H]1O)OC(=O)CCCCCCCCCCCCCCCCC. The van der Waals surface area contributed by atoms with Crippen LogP contribution in [-0.2, 0) is 32.7 Å². The lowest BCUT2D eigenvalue weighted by Crippen LogP contribution is -2.64. The number of carbonyl (C=O) groups is 2. The zero-order chi connectivity index (χ0) is 47.3. The van der Waals surface area contributed by atoms with Crippen LogP contribution in [0, 0.1) is 0 Å². The van der Waals surface area contributed by atoms with Crippen molar-refractivity contribution in [3.63, 3.8) is 0 Å². The Morgan fingerprint density at radius 3 is 1.66 bits per heavy atom. The van der Waals surface area contributed by atoms with E-state index in [1.165, 1.54) is 64.2 Å². The van der Waals surface area contributed by atoms with Crippen molar-refractivity contribution in [2.75, 3.05) is 13.2 Å². The second-order valence-corrected chi connectivity index (χ2v) is 17.8. The average molecular weight is 927 g/mol. The van der Waals surface area contributed by atoms with E-state index in [-0.39, 0.29) is 12.8 Å². The van der Waals surface area contributed by atoms with Crippen molar-refractivity contribution in [2.45, 2.75) is 210 Å². The van der Waals surface area contributed by atoms with Crippen LogP contribution in [0.2, 0.25) is 0 Å². The first kappa shape index (κ1) is 59.3. The number of phosphoric ester groups is 1. The molecule has 0 spiro atoms. The highest BCUT2D eigenvalue weighted by molar-refractivity contribution is 7.47. The minimum Gasteiger partial charge on any atom is -0.462 e. The maximum atomic E-state index is 12.8. The van der Waals surface area contributed by atoms with E-state index in [1.54, 1.807) is 6.08 Å². The predicted molar refractivity (Wildman–Crippen MR) is 250 cm³/mol. The molecular weight excluding hydrogens is 843 g/mol. The molecule has 1 saturated carbocycles. The zero-order valence-corrected chi connectivity index (χ0v) is 39.6. The number of unbranched alkanes of at least 4 members (excludes halogenated alkanes) is 14. The molecular formula is C49H83O14P. The first-order valence-corrected chi connectivity index (χ1v) is 25.3. The van der Waals surface area contributed by atoms with Crippen LogP contribution in [0.3, 0.4) is 0 Å². The molecule has 0 saturated heterocycles. The van der Waals surface area contributed by atoms with Crippen LogP contribution < -0.4 is 0 Å². The fraction of sp³-hybridized carbons (Fsp3) is 0.714. The minimum absolute atomic E-state index is 0.0169. The maximum absolute atomic E-state index is 12.8. The number of carbonyl (C=O) groups excluding carboxylic acids is 2. The molecule has 1 fully saturated rings. The summed E-state index contributed by atoms with van der Waals surface area (Å²) in [6.07, 6.45) is 31.3. The van der Waals surface area contributed by atoms with Gasteiger partial charge in [0.1, 0.15) is 43.2 Å². The molecule has 0 heterocycles. The van der Waals surface area contributed by atoms with Gasteiger partial charge in [-0.15, -0.1) is 0 Å². The number of hydrogen-bond donors (Lipinski definition) is 7. The Hall–Kier alpha value is -2.75. The monoisotopic (exact) mass is 927 g/mol. The molecule has 0 radical (unpaired) electrons. The third-order valence-electron chi connectivity index (χ3n) is 10.7. The number of esters is 2. The number of hydrogen-bond acceptors (Lipinski definition) is 13. The molecule has 15 heteroatoms. The highest BCUT2D eigenvalue weighted by atomic mass is 31.2. The van der Waals surface area contributed by atoms with Gasteiger partial charge in [-0.25, -0.2) is 4.57 Å². The lowest BCUT2D eigenvalue weighted by Gasteiger charge is -2.41.